The molecule has 2 heterocycles. The molecule has 5 nitrogen and oxygen atoms in total. The van der Waals surface area contributed by atoms with Crippen LogP contribution in [0.15, 0.2) is 0 Å². The topological polar surface area (TPSA) is 65.1 Å². The zero-order valence-corrected chi connectivity index (χ0v) is 10.2. The monoisotopic (exact) mass is 224 g/mol. The molecule has 16 heavy (non-hydrogen) atoms. The molecule has 1 fully saturated rings. The fraction of sp³-hybridized carbons (Fsp3) is 0.727. The number of hydrogen-bond donors (Lipinski definition) is 2. The molecule has 1 atom stereocenters. The van der Waals surface area contributed by atoms with Gasteiger partial charge in [-0.3, -0.25) is 4.68 Å². The Labute approximate surface area is 96.0 Å². The van der Waals surface area contributed by atoms with Gasteiger partial charge < -0.3 is 15.8 Å². The summed E-state index contributed by atoms with van der Waals surface area (Å²) in [7, 11) is 1.89. The van der Waals surface area contributed by atoms with Gasteiger partial charge in [0.25, 0.3) is 0 Å². The first-order valence-corrected chi connectivity index (χ1v) is 5.69. The molecule has 1 aliphatic heterocycles. The number of nitrogens with one attached hydrogen (secondary N) is 1. The zero-order valence-electron chi connectivity index (χ0n) is 10.2. The number of nitrogens with zero attached hydrogens (tertiary/aromatic N) is 2. The molecular formula is C11H20N4O. The fourth-order valence-electron chi connectivity index (χ4n) is 2.13. The maximum atomic E-state index is 5.94. The van der Waals surface area contributed by atoms with Crippen molar-refractivity contribution in [3.63, 3.8) is 0 Å². The summed E-state index contributed by atoms with van der Waals surface area (Å²) in [5.41, 5.74) is 7.47. The second kappa shape index (κ2) is 3.97. The van der Waals surface area contributed by atoms with Gasteiger partial charge in [-0.05, 0) is 26.7 Å². The van der Waals surface area contributed by atoms with Crippen LogP contribution in [0.4, 0.5) is 11.5 Å². The van der Waals surface area contributed by atoms with Gasteiger partial charge in [0.15, 0.2) is 0 Å². The average molecular weight is 224 g/mol. The maximum absolute atomic E-state index is 5.94. The Morgan fingerprint density at radius 2 is 2.38 bits per heavy atom. The van der Waals surface area contributed by atoms with E-state index in [9.17, 15) is 0 Å². The largest absolute Gasteiger partial charge is 0.394 e. The van der Waals surface area contributed by atoms with Gasteiger partial charge in [-0.25, -0.2) is 0 Å². The predicted molar refractivity (Wildman–Crippen MR) is 64.4 cm³/mol. The van der Waals surface area contributed by atoms with Crippen molar-refractivity contribution < 1.29 is 4.74 Å². The summed E-state index contributed by atoms with van der Waals surface area (Å²) in [5, 5.41) is 7.60. The lowest BCUT2D eigenvalue weighted by Gasteiger charge is -2.24. The van der Waals surface area contributed by atoms with Gasteiger partial charge in [-0.15, -0.1) is 0 Å². The summed E-state index contributed by atoms with van der Waals surface area (Å²) in [4.78, 5) is 0. The van der Waals surface area contributed by atoms with E-state index >= 15 is 0 Å². The van der Waals surface area contributed by atoms with Crippen LogP contribution in [0.2, 0.25) is 0 Å². The molecule has 1 saturated heterocycles. The molecule has 1 aromatic rings. The second-order valence-electron chi connectivity index (χ2n) is 4.73. The van der Waals surface area contributed by atoms with Crippen LogP contribution in [0.25, 0.3) is 0 Å². The third-order valence-corrected chi connectivity index (χ3v) is 3.20. The molecule has 2 rings (SSSR count). The quantitative estimate of drug-likeness (QED) is 0.812. The van der Waals surface area contributed by atoms with Crippen LogP contribution >= 0.6 is 0 Å². The van der Waals surface area contributed by atoms with E-state index in [4.69, 9.17) is 10.5 Å². The smallest absolute Gasteiger partial charge is 0.147 e. The Balaban J connectivity index is 2.04. The number of hydrogen-bond acceptors (Lipinski definition) is 4. The van der Waals surface area contributed by atoms with E-state index in [-0.39, 0.29) is 5.60 Å². The summed E-state index contributed by atoms with van der Waals surface area (Å²) in [6.07, 6.45) is 2.23. The molecular weight excluding hydrogens is 204 g/mol. The van der Waals surface area contributed by atoms with Gasteiger partial charge >= 0.3 is 0 Å². The Hall–Kier alpha value is -1.23. The van der Waals surface area contributed by atoms with Crippen molar-refractivity contribution in [2.75, 3.05) is 24.2 Å². The standard InChI is InChI=1S/C11H20N4O/c1-8-9(12)10(15(3)14-8)13-7-11(2)5-4-6-16-11/h13H,4-7,12H2,1-3H3. The van der Waals surface area contributed by atoms with E-state index in [1.165, 1.54) is 0 Å². The van der Waals surface area contributed by atoms with Crippen molar-refractivity contribution in [1.82, 2.24) is 9.78 Å². The van der Waals surface area contributed by atoms with E-state index in [1.54, 1.807) is 4.68 Å². The Kier molecular flexibility index (Phi) is 2.80. The molecule has 1 aliphatic rings. The first-order chi connectivity index (χ1) is 7.52. The minimum absolute atomic E-state index is 0.0649. The average Bonchev–Trinajstić information content (AvgIpc) is 2.73. The van der Waals surface area contributed by atoms with Gasteiger partial charge in [0.1, 0.15) is 5.82 Å². The molecule has 0 aromatic carbocycles. The highest BCUT2D eigenvalue weighted by atomic mass is 16.5. The normalized spacial score (nSPS) is 24.9. The maximum Gasteiger partial charge on any atom is 0.147 e. The van der Waals surface area contributed by atoms with E-state index < -0.39 is 0 Å². The van der Waals surface area contributed by atoms with Crippen molar-refractivity contribution >= 4 is 11.5 Å². The lowest BCUT2D eigenvalue weighted by molar-refractivity contribution is 0.0314. The molecule has 0 radical (unpaired) electrons. The lowest BCUT2D eigenvalue weighted by Crippen LogP contribution is -2.33. The van der Waals surface area contributed by atoms with E-state index in [2.05, 4.69) is 17.3 Å². The SMILES string of the molecule is Cc1nn(C)c(NCC2(C)CCCO2)c1N. The van der Waals surface area contributed by atoms with Gasteiger partial charge in [-0.2, -0.15) is 5.10 Å². The fourth-order valence-corrected chi connectivity index (χ4v) is 2.13. The molecule has 0 aliphatic carbocycles. The number of aryl methyl sites for hydroxylation is 2. The Bertz CT molecular complexity index is 380. The van der Waals surface area contributed by atoms with Crippen LogP contribution in [-0.2, 0) is 11.8 Å². The van der Waals surface area contributed by atoms with Crippen molar-refractivity contribution in [3.8, 4) is 0 Å². The highest BCUT2D eigenvalue weighted by molar-refractivity contribution is 5.64. The molecule has 0 saturated carbocycles. The third kappa shape index (κ3) is 2.00. The number of nitrogens with two attached hydrogens (primary N) is 1. The molecule has 0 bridgehead atoms. The van der Waals surface area contributed by atoms with Crippen LogP contribution in [0.5, 0.6) is 0 Å². The first-order valence-electron chi connectivity index (χ1n) is 5.69. The number of ether oxygens (including phenoxy) is 1. The van der Waals surface area contributed by atoms with E-state index in [1.807, 2.05) is 14.0 Å². The Morgan fingerprint density at radius 3 is 2.88 bits per heavy atom. The molecule has 5 heteroatoms. The van der Waals surface area contributed by atoms with E-state index in [0.29, 0.717) is 0 Å². The summed E-state index contributed by atoms with van der Waals surface area (Å²) < 4.78 is 7.50. The van der Waals surface area contributed by atoms with Gasteiger partial charge in [-0.1, -0.05) is 0 Å². The predicted octanol–water partition coefficient (Wildman–Crippen LogP) is 1.29. The molecule has 90 valence electrons. The Morgan fingerprint density at radius 1 is 1.62 bits per heavy atom. The van der Waals surface area contributed by atoms with Crippen LogP contribution in [0.1, 0.15) is 25.5 Å². The summed E-state index contributed by atoms with van der Waals surface area (Å²) in [6.45, 7) is 5.68. The highest BCUT2D eigenvalue weighted by Gasteiger charge is 2.30. The van der Waals surface area contributed by atoms with Crippen molar-refractivity contribution in [1.29, 1.82) is 0 Å². The highest BCUT2D eigenvalue weighted by Crippen LogP contribution is 2.27. The van der Waals surface area contributed by atoms with Crippen molar-refractivity contribution in [2.45, 2.75) is 32.3 Å². The van der Waals surface area contributed by atoms with Gasteiger partial charge in [0, 0.05) is 20.2 Å². The van der Waals surface area contributed by atoms with Gasteiger partial charge in [0.05, 0.1) is 17.0 Å². The molecule has 3 N–H and O–H groups in total. The summed E-state index contributed by atoms with van der Waals surface area (Å²) in [5.74, 6) is 0.884. The first kappa shape index (κ1) is 11.3. The van der Waals surface area contributed by atoms with Crippen molar-refractivity contribution in [2.24, 2.45) is 7.05 Å². The molecule has 0 amide bonds. The van der Waals surface area contributed by atoms with Crippen molar-refractivity contribution in [3.05, 3.63) is 5.69 Å². The molecule has 0 spiro atoms. The lowest BCUT2D eigenvalue weighted by atomic mass is 10.0. The summed E-state index contributed by atoms with van der Waals surface area (Å²) in [6, 6.07) is 0. The molecule has 1 aromatic heterocycles. The van der Waals surface area contributed by atoms with Crippen LogP contribution in [0, 0.1) is 6.92 Å². The van der Waals surface area contributed by atoms with Crippen LogP contribution < -0.4 is 11.1 Å². The van der Waals surface area contributed by atoms with Crippen LogP contribution in [0.3, 0.4) is 0 Å². The second-order valence-corrected chi connectivity index (χ2v) is 4.73. The molecule has 1 unspecified atom stereocenters. The number of rotatable bonds is 3. The number of aromatic nitrogens is 2. The number of anilines is 2. The zero-order chi connectivity index (χ0) is 11.8. The minimum atomic E-state index is -0.0649. The third-order valence-electron chi connectivity index (χ3n) is 3.20. The summed E-state index contributed by atoms with van der Waals surface area (Å²) >= 11 is 0. The number of nitrogen functional groups attached to an aromatic ring is 1. The minimum Gasteiger partial charge on any atom is -0.394 e. The van der Waals surface area contributed by atoms with Crippen LogP contribution in [-0.4, -0.2) is 28.5 Å². The van der Waals surface area contributed by atoms with E-state index in [0.717, 1.165) is 43.2 Å². The van der Waals surface area contributed by atoms with Gasteiger partial charge in [0.2, 0.25) is 0 Å².